The van der Waals surface area contributed by atoms with Gasteiger partial charge in [-0.1, -0.05) is 299 Å². The quantitative estimate of drug-likeness (QED) is 0.0156. The molecule has 0 aliphatic carbocycles. The van der Waals surface area contributed by atoms with Crippen LogP contribution in [0.1, 0.15) is 278 Å². The van der Waals surface area contributed by atoms with E-state index in [1.165, 1.54) is 173 Å². The van der Waals surface area contributed by atoms with Crippen LogP contribution in [-0.4, -0.2) is 74.3 Å². The summed E-state index contributed by atoms with van der Waals surface area (Å²) in [6, 6.07) is -0.869. The van der Waals surface area contributed by atoms with Crippen LogP contribution in [0.25, 0.3) is 0 Å². The summed E-state index contributed by atoms with van der Waals surface area (Å²) in [5.74, 6) is -0.552. The number of esters is 1. The first-order valence-corrected chi connectivity index (χ1v) is 33.5. The van der Waals surface area contributed by atoms with E-state index >= 15 is 0 Å². The number of unbranched alkanes of at least 4 members (excludes halogenated alkanes) is 34. The summed E-state index contributed by atoms with van der Waals surface area (Å²) >= 11 is 0. The van der Waals surface area contributed by atoms with Crippen LogP contribution < -0.4 is 5.32 Å². The number of nitrogens with zero attached hydrogens (tertiary/aromatic N) is 1. The van der Waals surface area contributed by atoms with E-state index < -0.39 is 20.0 Å². The maximum atomic E-state index is 13.6. The Morgan fingerprint density at radius 3 is 1.26 bits per heavy atom. The van der Waals surface area contributed by atoms with Crippen molar-refractivity contribution in [2.24, 2.45) is 0 Å². The Morgan fingerprint density at radius 1 is 0.468 bits per heavy atom. The van der Waals surface area contributed by atoms with E-state index in [2.05, 4.69) is 38.2 Å². The van der Waals surface area contributed by atoms with Gasteiger partial charge in [-0.15, -0.1) is 0 Å². The molecule has 0 aromatic rings. The molecule has 0 aliphatic heterocycles. The number of rotatable bonds is 57. The monoisotopic (exact) mass is 1100 g/mol. The predicted molar refractivity (Wildman–Crippen MR) is 332 cm³/mol. The molecular weight excluding hydrogens is 976 g/mol. The van der Waals surface area contributed by atoms with Crippen LogP contribution in [-0.2, 0) is 27.9 Å². The van der Waals surface area contributed by atoms with Gasteiger partial charge < -0.3 is 19.4 Å². The summed E-state index contributed by atoms with van der Waals surface area (Å²) < 4.78 is 30.7. The number of allylic oxidation sites excluding steroid dienone is 13. The van der Waals surface area contributed by atoms with Gasteiger partial charge in [-0.05, 0) is 51.0 Å². The summed E-state index contributed by atoms with van der Waals surface area (Å²) in [6.07, 6.45) is 74.5. The molecule has 9 nitrogen and oxygen atoms in total. The lowest BCUT2D eigenvalue weighted by molar-refractivity contribution is -0.870. The largest absolute Gasteiger partial charge is 0.472 e. The fourth-order valence-electron chi connectivity index (χ4n) is 9.09. The highest BCUT2D eigenvalue weighted by Crippen LogP contribution is 2.43. The second-order valence-electron chi connectivity index (χ2n) is 22.7. The van der Waals surface area contributed by atoms with Crippen molar-refractivity contribution in [2.45, 2.75) is 290 Å². The molecule has 0 spiro atoms. The Morgan fingerprint density at radius 2 is 0.831 bits per heavy atom. The molecular formula is C67H122N2O7P+. The van der Waals surface area contributed by atoms with Gasteiger partial charge in [0, 0.05) is 12.8 Å². The molecule has 77 heavy (non-hydrogen) atoms. The number of hydrogen-bond acceptors (Lipinski definition) is 6. The molecule has 446 valence electrons. The summed E-state index contributed by atoms with van der Waals surface area (Å²) in [5, 5.41) is 3.05. The summed E-state index contributed by atoms with van der Waals surface area (Å²) in [6.45, 7) is 6.85. The topological polar surface area (TPSA) is 111 Å². The van der Waals surface area contributed by atoms with E-state index in [9.17, 15) is 19.0 Å². The third kappa shape index (κ3) is 57.7. The fraction of sp³-hybridized carbons (Fsp3) is 0.761. The van der Waals surface area contributed by atoms with E-state index in [0.29, 0.717) is 23.9 Å². The highest BCUT2D eigenvalue weighted by Gasteiger charge is 2.30. The number of hydrogen-bond donors (Lipinski definition) is 2. The Kier molecular flexibility index (Phi) is 54.4. The molecule has 0 aromatic heterocycles. The number of ether oxygens (including phenoxy) is 1. The van der Waals surface area contributed by atoms with Gasteiger partial charge >= 0.3 is 13.8 Å². The third-order valence-corrected chi connectivity index (χ3v) is 15.0. The zero-order valence-electron chi connectivity index (χ0n) is 50.9. The minimum atomic E-state index is -4.46. The molecule has 2 N–H and O–H groups in total. The SMILES string of the molecule is CC\C=C/C=C/C=C/C=C\C=C\C=C\CCCCCC(=O)OC(/C=C/CCCCCCCCCCC)C(COP(=O)(O)OCC[N+](C)(C)C)NC(=O)CCCCCCCCCCCCCCCCCCCCCCCCC. The van der Waals surface area contributed by atoms with Crippen molar-refractivity contribution in [1.29, 1.82) is 0 Å². The molecule has 0 rings (SSSR count). The van der Waals surface area contributed by atoms with Gasteiger partial charge in [-0.2, -0.15) is 0 Å². The van der Waals surface area contributed by atoms with Crippen LogP contribution in [0, 0.1) is 0 Å². The van der Waals surface area contributed by atoms with E-state index in [1.807, 2.05) is 94.1 Å². The van der Waals surface area contributed by atoms with Gasteiger partial charge in [0.1, 0.15) is 19.3 Å². The second-order valence-corrected chi connectivity index (χ2v) is 24.2. The van der Waals surface area contributed by atoms with E-state index in [4.69, 9.17) is 13.8 Å². The first kappa shape index (κ1) is 74.2. The van der Waals surface area contributed by atoms with Crippen molar-refractivity contribution in [1.82, 2.24) is 5.32 Å². The Labute approximate surface area is 476 Å². The highest BCUT2D eigenvalue weighted by atomic mass is 31.2. The molecule has 0 aliphatic rings. The smallest absolute Gasteiger partial charge is 0.456 e. The third-order valence-electron chi connectivity index (χ3n) is 14.0. The van der Waals surface area contributed by atoms with Crippen molar-refractivity contribution < 1.29 is 37.3 Å². The van der Waals surface area contributed by atoms with Crippen molar-refractivity contribution >= 4 is 19.7 Å². The molecule has 10 heteroatoms. The number of carbonyl (C=O) groups is 2. The molecule has 0 aromatic carbocycles. The average molecular weight is 1100 g/mol. The van der Waals surface area contributed by atoms with Gasteiger partial charge in [0.15, 0.2) is 0 Å². The summed E-state index contributed by atoms with van der Waals surface area (Å²) in [4.78, 5) is 37.7. The van der Waals surface area contributed by atoms with Crippen molar-refractivity contribution in [3.63, 3.8) is 0 Å². The lowest BCUT2D eigenvalue weighted by Gasteiger charge is -2.27. The van der Waals surface area contributed by atoms with Crippen molar-refractivity contribution in [3.05, 3.63) is 85.1 Å². The number of phosphoric acid groups is 1. The van der Waals surface area contributed by atoms with Gasteiger partial charge in [0.25, 0.3) is 0 Å². The number of phosphoric ester groups is 1. The molecule has 3 atom stereocenters. The number of carbonyl (C=O) groups excluding carboxylic acids is 2. The molecule has 0 bridgehead atoms. The van der Waals surface area contributed by atoms with Gasteiger partial charge in [-0.3, -0.25) is 18.6 Å². The van der Waals surface area contributed by atoms with Gasteiger partial charge in [0.05, 0.1) is 33.8 Å². The number of amides is 1. The van der Waals surface area contributed by atoms with E-state index in [0.717, 1.165) is 64.2 Å². The molecule has 1 amide bonds. The maximum absolute atomic E-state index is 13.6. The van der Waals surface area contributed by atoms with E-state index in [1.54, 1.807) is 0 Å². The normalized spacial score (nSPS) is 14.2. The Bertz CT molecular complexity index is 1590. The number of nitrogens with one attached hydrogen (secondary N) is 1. The zero-order chi connectivity index (χ0) is 56.4. The number of quaternary nitrogens is 1. The van der Waals surface area contributed by atoms with Crippen LogP contribution in [0.2, 0.25) is 0 Å². The number of likely N-dealkylation sites (N-methyl/N-ethyl adjacent to an activating group) is 1. The second kappa shape index (κ2) is 56.5. The van der Waals surface area contributed by atoms with Crippen molar-refractivity contribution in [3.8, 4) is 0 Å². The standard InChI is InChI=1S/C67H121N2O7P/c1-7-10-13-16-19-22-25-27-29-31-32-33-34-35-36-38-39-41-44-47-50-53-56-59-66(70)68-64(63-75-77(72,73)74-62-61-69(4,5)6)65(58-55-52-49-46-43-24-21-18-15-12-9-3)76-67(71)60-57-54-51-48-45-42-40-37-30-28-26-23-20-17-14-11-8-2/h11,14,17,20,23,26,28,30,37,40,42,45,55,58,64-65H,7-10,12-13,15-16,18-19,21-22,24-25,27,29,31-36,38-39,41,43-44,46-54,56-57,59-63H2,1-6H3,(H-,68,70,72,73)/p+1/b14-11-,20-17+,26-23+,30-28-,40-37+,45-42+,58-55+. The Hall–Kier alpha value is -2.81. The molecule has 0 saturated heterocycles. The Balaban J connectivity index is 5.18. The van der Waals surface area contributed by atoms with Crippen LogP contribution in [0.5, 0.6) is 0 Å². The maximum Gasteiger partial charge on any atom is 0.472 e. The fourth-order valence-corrected chi connectivity index (χ4v) is 9.83. The van der Waals surface area contributed by atoms with E-state index in [-0.39, 0.29) is 31.5 Å². The summed E-state index contributed by atoms with van der Waals surface area (Å²) in [7, 11) is 1.47. The molecule has 0 radical (unpaired) electrons. The average Bonchev–Trinajstić information content (AvgIpc) is 3.39. The predicted octanol–water partition coefficient (Wildman–Crippen LogP) is 19.8. The van der Waals surface area contributed by atoms with Crippen LogP contribution >= 0.6 is 7.82 Å². The zero-order valence-corrected chi connectivity index (χ0v) is 51.8. The lowest BCUT2D eigenvalue weighted by Crippen LogP contribution is -2.47. The first-order valence-electron chi connectivity index (χ1n) is 32.0. The van der Waals surface area contributed by atoms with Crippen molar-refractivity contribution in [2.75, 3.05) is 40.9 Å². The summed E-state index contributed by atoms with van der Waals surface area (Å²) in [5.41, 5.74) is 0. The van der Waals surface area contributed by atoms with Gasteiger partial charge in [-0.25, -0.2) is 4.57 Å². The lowest BCUT2D eigenvalue weighted by atomic mass is 10.0. The molecule has 0 saturated carbocycles. The minimum Gasteiger partial charge on any atom is -0.456 e. The minimum absolute atomic E-state index is 0.0303. The highest BCUT2D eigenvalue weighted by molar-refractivity contribution is 7.47. The van der Waals surface area contributed by atoms with Crippen LogP contribution in [0.4, 0.5) is 0 Å². The molecule has 0 heterocycles. The molecule has 0 fully saturated rings. The van der Waals surface area contributed by atoms with Crippen LogP contribution in [0.15, 0.2) is 85.1 Å². The molecule has 3 unspecified atom stereocenters. The van der Waals surface area contributed by atoms with Crippen LogP contribution in [0.3, 0.4) is 0 Å². The first-order chi connectivity index (χ1) is 37.4. The van der Waals surface area contributed by atoms with Gasteiger partial charge in [0.2, 0.25) is 5.91 Å².